The maximum atomic E-state index is 13.2. The summed E-state index contributed by atoms with van der Waals surface area (Å²) in [5.41, 5.74) is 12.5. The van der Waals surface area contributed by atoms with Gasteiger partial charge in [0.15, 0.2) is 0 Å². The molecule has 0 aliphatic carbocycles. The fourth-order valence-corrected chi connectivity index (χ4v) is 4.78. The monoisotopic (exact) mass is 458 g/mol. The van der Waals surface area contributed by atoms with Gasteiger partial charge in [0.2, 0.25) is 5.91 Å². The second kappa shape index (κ2) is 10.2. The van der Waals surface area contributed by atoms with Crippen LogP contribution in [0.4, 0.5) is 5.69 Å². The lowest BCUT2D eigenvalue weighted by Crippen LogP contribution is -2.37. The highest BCUT2D eigenvalue weighted by atomic mass is 16.2. The molecule has 2 N–H and O–H groups in total. The molecule has 0 bridgehead atoms. The predicted molar refractivity (Wildman–Crippen MR) is 138 cm³/mol. The Morgan fingerprint density at radius 2 is 1.76 bits per heavy atom. The number of hydrogen-bond donors (Lipinski definition) is 1. The number of nitrogens with zero attached hydrogens (tertiary/aromatic N) is 3. The van der Waals surface area contributed by atoms with E-state index in [1.54, 1.807) is 0 Å². The lowest BCUT2D eigenvalue weighted by atomic mass is 9.93. The highest BCUT2D eigenvalue weighted by Gasteiger charge is 2.24. The van der Waals surface area contributed by atoms with Gasteiger partial charge < -0.3 is 15.5 Å². The smallest absolute Gasteiger partial charge is 0.254 e. The van der Waals surface area contributed by atoms with Crippen molar-refractivity contribution in [1.29, 1.82) is 0 Å². The van der Waals surface area contributed by atoms with Crippen molar-refractivity contribution >= 4 is 29.4 Å². The van der Waals surface area contributed by atoms with Crippen molar-refractivity contribution in [1.82, 2.24) is 9.80 Å². The highest BCUT2D eigenvalue weighted by Crippen LogP contribution is 2.33. The van der Waals surface area contributed by atoms with E-state index in [0.29, 0.717) is 17.8 Å². The lowest BCUT2D eigenvalue weighted by molar-refractivity contribution is -0.127. The van der Waals surface area contributed by atoms with Crippen molar-refractivity contribution in [2.45, 2.75) is 46.5 Å². The van der Waals surface area contributed by atoms with Crippen LogP contribution in [-0.2, 0) is 11.2 Å². The average molecular weight is 459 g/mol. The number of amides is 2. The number of aliphatic imine (C=N–C) groups is 1. The van der Waals surface area contributed by atoms with Crippen LogP contribution in [0, 0.1) is 0 Å². The zero-order valence-electron chi connectivity index (χ0n) is 20.4. The summed E-state index contributed by atoms with van der Waals surface area (Å²) >= 11 is 0. The van der Waals surface area contributed by atoms with Crippen LogP contribution in [-0.4, -0.2) is 53.6 Å². The molecule has 4 rings (SSSR count). The molecule has 2 aliphatic heterocycles. The topological polar surface area (TPSA) is 79.0 Å². The first kappa shape index (κ1) is 23.7. The summed E-state index contributed by atoms with van der Waals surface area (Å²) < 4.78 is 0. The number of fused-ring (bicyclic) bond motifs is 2. The van der Waals surface area contributed by atoms with Crippen LogP contribution in [0.2, 0.25) is 0 Å². The summed E-state index contributed by atoms with van der Waals surface area (Å²) in [5.74, 6) is 0.593. The minimum absolute atomic E-state index is 0.0410. The van der Waals surface area contributed by atoms with Crippen LogP contribution in [0.1, 0.15) is 61.5 Å². The molecule has 6 heteroatoms. The molecular formula is C28H34N4O2. The van der Waals surface area contributed by atoms with Crippen LogP contribution >= 0.6 is 0 Å². The summed E-state index contributed by atoms with van der Waals surface area (Å²) in [4.78, 5) is 34.3. The van der Waals surface area contributed by atoms with E-state index in [4.69, 9.17) is 5.73 Å². The van der Waals surface area contributed by atoms with Crippen LogP contribution in [0.25, 0.3) is 17.2 Å². The Morgan fingerprint density at radius 1 is 1.06 bits per heavy atom. The molecule has 2 aliphatic rings. The van der Waals surface area contributed by atoms with Gasteiger partial charge in [-0.05, 0) is 61.1 Å². The van der Waals surface area contributed by atoms with Crippen LogP contribution in [0.5, 0.6) is 0 Å². The second-order valence-corrected chi connectivity index (χ2v) is 9.02. The van der Waals surface area contributed by atoms with Gasteiger partial charge >= 0.3 is 0 Å². The number of hydrogen-bond acceptors (Lipinski definition) is 4. The lowest BCUT2D eigenvalue weighted by Gasteiger charge is -2.27. The molecule has 0 aromatic heterocycles. The first-order chi connectivity index (χ1) is 16.4. The van der Waals surface area contributed by atoms with Gasteiger partial charge in [0.25, 0.3) is 5.91 Å². The van der Waals surface area contributed by atoms with Gasteiger partial charge in [0, 0.05) is 49.3 Å². The Kier molecular flexibility index (Phi) is 7.15. The molecule has 0 saturated carbocycles. The Bertz CT molecular complexity index is 1160. The molecule has 0 radical (unpaired) electrons. The first-order valence-electron chi connectivity index (χ1n) is 12.3. The van der Waals surface area contributed by atoms with Crippen molar-refractivity contribution in [3.8, 4) is 11.1 Å². The van der Waals surface area contributed by atoms with Crippen LogP contribution < -0.4 is 5.73 Å². The SMILES string of the molecule is CCCN(CCC)C(=O)C1=Cc2ccc(-c3ccc4c(c3)CCN(CC)C4=O)cc2N=C(N)C1. The molecule has 0 spiro atoms. The van der Waals surface area contributed by atoms with Crippen molar-refractivity contribution in [2.24, 2.45) is 10.7 Å². The maximum absolute atomic E-state index is 13.2. The van der Waals surface area contributed by atoms with E-state index in [9.17, 15) is 9.59 Å². The Hall–Kier alpha value is -3.41. The van der Waals surface area contributed by atoms with Gasteiger partial charge in [0.05, 0.1) is 5.69 Å². The Balaban J connectivity index is 1.66. The largest absolute Gasteiger partial charge is 0.387 e. The van der Waals surface area contributed by atoms with Crippen molar-refractivity contribution < 1.29 is 9.59 Å². The molecule has 178 valence electrons. The van der Waals surface area contributed by atoms with E-state index in [-0.39, 0.29) is 11.8 Å². The predicted octanol–water partition coefficient (Wildman–Crippen LogP) is 4.80. The van der Waals surface area contributed by atoms with Gasteiger partial charge in [0.1, 0.15) is 5.84 Å². The van der Waals surface area contributed by atoms with E-state index >= 15 is 0 Å². The summed E-state index contributed by atoms with van der Waals surface area (Å²) in [5, 5.41) is 0. The van der Waals surface area contributed by atoms with Gasteiger partial charge in [-0.1, -0.05) is 38.1 Å². The molecule has 2 aromatic rings. The van der Waals surface area contributed by atoms with E-state index < -0.39 is 0 Å². The van der Waals surface area contributed by atoms with Gasteiger partial charge in [-0.2, -0.15) is 0 Å². The van der Waals surface area contributed by atoms with Crippen molar-refractivity contribution in [3.05, 3.63) is 58.7 Å². The normalized spacial score (nSPS) is 15.1. The number of amidine groups is 1. The van der Waals surface area contributed by atoms with Gasteiger partial charge in [-0.25, -0.2) is 4.99 Å². The zero-order valence-corrected chi connectivity index (χ0v) is 20.4. The minimum Gasteiger partial charge on any atom is -0.387 e. The summed E-state index contributed by atoms with van der Waals surface area (Å²) in [6.45, 7) is 9.15. The number of likely N-dealkylation sites (N-methyl/N-ethyl adjacent to an activating group) is 1. The summed E-state index contributed by atoms with van der Waals surface area (Å²) in [6, 6.07) is 12.1. The third-order valence-electron chi connectivity index (χ3n) is 6.53. The molecule has 2 amide bonds. The molecule has 2 aromatic carbocycles. The summed E-state index contributed by atoms with van der Waals surface area (Å²) in [7, 11) is 0. The Labute approximate surface area is 202 Å². The first-order valence-corrected chi connectivity index (χ1v) is 12.3. The van der Waals surface area contributed by atoms with E-state index in [1.807, 2.05) is 47.1 Å². The second-order valence-electron chi connectivity index (χ2n) is 9.02. The molecule has 6 nitrogen and oxygen atoms in total. The van der Waals surface area contributed by atoms with Gasteiger partial charge in [-0.3, -0.25) is 9.59 Å². The standard InChI is InChI=1S/C28H34N4O2/c1-4-12-32(13-5-2)27(33)23-16-22-8-7-20(17-25(22)30-26(29)18-23)19-9-10-24-21(15-19)11-14-31(6-3)28(24)34/h7-10,15-17H,4-6,11-14,18H2,1-3H3,(H2,29,30). The number of benzene rings is 2. The molecule has 0 atom stereocenters. The van der Waals surface area contributed by atoms with Gasteiger partial charge in [-0.15, -0.1) is 0 Å². The maximum Gasteiger partial charge on any atom is 0.254 e. The number of nitrogens with two attached hydrogens (primary N) is 1. The number of rotatable bonds is 7. The average Bonchev–Trinajstić information content (AvgIpc) is 3.01. The summed E-state index contributed by atoms with van der Waals surface area (Å²) in [6.07, 6.45) is 4.99. The molecular weight excluding hydrogens is 424 g/mol. The zero-order chi connectivity index (χ0) is 24.2. The molecule has 2 heterocycles. The fraction of sp³-hybridized carbons (Fsp3) is 0.393. The van der Waals surface area contributed by atoms with E-state index in [1.165, 1.54) is 0 Å². The number of carbonyl (C=O) groups is 2. The Morgan fingerprint density at radius 3 is 2.47 bits per heavy atom. The molecule has 0 saturated heterocycles. The fourth-order valence-electron chi connectivity index (χ4n) is 4.78. The van der Waals surface area contributed by atoms with Crippen LogP contribution in [0.15, 0.2) is 47.0 Å². The molecule has 0 unspecified atom stereocenters. The molecule has 34 heavy (non-hydrogen) atoms. The molecule has 0 fully saturated rings. The number of carbonyl (C=O) groups excluding carboxylic acids is 2. The van der Waals surface area contributed by atoms with Crippen molar-refractivity contribution in [2.75, 3.05) is 26.2 Å². The quantitative estimate of drug-likeness (QED) is 0.647. The third kappa shape index (κ3) is 4.76. The van der Waals surface area contributed by atoms with E-state index in [0.717, 1.165) is 78.9 Å². The van der Waals surface area contributed by atoms with E-state index in [2.05, 4.69) is 31.0 Å². The third-order valence-corrected chi connectivity index (χ3v) is 6.53. The van der Waals surface area contributed by atoms with Crippen LogP contribution in [0.3, 0.4) is 0 Å². The van der Waals surface area contributed by atoms with Crippen molar-refractivity contribution in [3.63, 3.8) is 0 Å². The highest BCUT2D eigenvalue weighted by molar-refractivity contribution is 6.05. The minimum atomic E-state index is 0.0410.